The maximum Gasteiger partial charge on any atom is 0.413 e. The van der Waals surface area contributed by atoms with Gasteiger partial charge in [-0.3, -0.25) is 0 Å². The van der Waals surface area contributed by atoms with Crippen molar-refractivity contribution in [1.29, 1.82) is 0 Å². The lowest BCUT2D eigenvalue weighted by Crippen LogP contribution is -2.11. The molecule has 0 bridgehead atoms. The van der Waals surface area contributed by atoms with Crippen molar-refractivity contribution in [3.8, 4) is 0 Å². The Morgan fingerprint density at radius 1 is 1.28 bits per heavy atom. The number of ether oxygens (including phenoxy) is 2. The van der Waals surface area contributed by atoms with Crippen LogP contribution in [0.5, 0.6) is 0 Å². The van der Waals surface area contributed by atoms with Crippen LogP contribution in [0.15, 0.2) is 36.4 Å². The number of benzene rings is 1. The van der Waals surface area contributed by atoms with Gasteiger partial charge < -0.3 is 15.0 Å². The molecule has 0 saturated carbocycles. The van der Waals surface area contributed by atoms with E-state index in [0.717, 1.165) is 5.56 Å². The molecule has 0 unspecified atom stereocenters. The molecule has 0 aliphatic carbocycles. The Balaban J connectivity index is 2.07. The molecule has 94 valence electrons. The van der Waals surface area contributed by atoms with Gasteiger partial charge in [-0.15, -0.1) is 0 Å². The molecule has 0 aliphatic heterocycles. The van der Waals surface area contributed by atoms with Crippen LogP contribution in [0.1, 0.15) is 5.56 Å². The van der Waals surface area contributed by atoms with Crippen LogP contribution in [0.25, 0.3) is 11.6 Å². The Kier molecular flexibility index (Phi) is 6.82. The first-order chi connectivity index (χ1) is 8.83. The van der Waals surface area contributed by atoms with Crippen molar-refractivity contribution >= 4 is 18.3 Å². The van der Waals surface area contributed by atoms with Gasteiger partial charge in [-0.1, -0.05) is 42.5 Å². The lowest BCUT2D eigenvalue weighted by molar-refractivity contribution is -0.140. The molecule has 18 heavy (non-hydrogen) atoms. The molecule has 0 N–H and O–H groups in total. The molecule has 5 nitrogen and oxygen atoms in total. The maximum atomic E-state index is 10.7. The maximum absolute atomic E-state index is 10.7. The number of hydrogen-bond donors (Lipinski definition) is 0. The second kappa shape index (κ2) is 8.87. The predicted octanol–water partition coefficient (Wildman–Crippen LogP) is 1.56. The summed E-state index contributed by atoms with van der Waals surface area (Å²) in [6, 6.07) is 9.86. The van der Waals surface area contributed by atoms with Crippen molar-refractivity contribution in [2.75, 3.05) is 19.8 Å². The molecule has 0 spiro atoms. The molecule has 0 amide bonds. The average Bonchev–Trinajstić information content (AvgIpc) is 2.39. The first-order valence-corrected chi connectivity index (χ1v) is 5.46. The summed E-state index contributed by atoms with van der Waals surface area (Å²) in [6.45, 7) is 0.870. The molecule has 0 saturated heterocycles. The third-order valence-electron chi connectivity index (χ3n) is 1.96. The first-order valence-electron chi connectivity index (χ1n) is 5.46. The summed E-state index contributed by atoms with van der Waals surface area (Å²) in [5, 5.41) is 0. The van der Waals surface area contributed by atoms with Gasteiger partial charge in [-0.05, 0) is 5.56 Å². The molecule has 0 fully saturated rings. The summed E-state index contributed by atoms with van der Waals surface area (Å²) < 4.78 is 9.86. The number of carbonyl (C=O) groups excluding carboxylic acids is 1. The van der Waals surface area contributed by atoms with Crippen LogP contribution in [0.4, 0.5) is 0 Å². The molecule has 1 aromatic carbocycles. The number of rotatable bonds is 7. The summed E-state index contributed by atoms with van der Waals surface area (Å²) in [7, 11) is 0. The molecule has 0 atom stereocenters. The van der Waals surface area contributed by atoms with Crippen molar-refractivity contribution in [1.82, 2.24) is 0 Å². The molecule has 1 aromatic rings. The van der Waals surface area contributed by atoms with E-state index in [4.69, 9.17) is 10.3 Å². The highest BCUT2D eigenvalue weighted by Crippen LogP contribution is 2.00. The molecular formula is C13H14N2O3. The average molecular weight is 246 g/mol. The van der Waals surface area contributed by atoms with Gasteiger partial charge in [0.05, 0.1) is 13.2 Å². The number of nitrogens with zero attached hydrogens (tertiary/aromatic N) is 2. The Bertz CT molecular complexity index is 437. The van der Waals surface area contributed by atoms with E-state index in [1.165, 1.54) is 0 Å². The van der Waals surface area contributed by atoms with Gasteiger partial charge in [0.15, 0.2) is 0 Å². The van der Waals surface area contributed by atoms with Gasteiger partial charge in [-0.25, -0.2) is 4.79 Å². The molecule has 0 aromatic heterocycles. The number of hydrogen-bond acceptors (Lipinski definition) is 3. The van der Waals surface area contributed by atoms with Gasteiger partial charge in [0.25, 0.3) is 0 Å². The Morgan fingerprint density at radius 2 is 2.06 bits per heavy atom. The van der Waals surface area contributed by atoms with Crippen molar-refractivity contribution in [3.63, 3.8) is 0 Å². The van der Waals surface area contributed by atoms with E-state index in [0.29, 0.717) is 19.4 Å². The van der Waals surface area contributed by atoms with E-state index in [-0.39, 0.29) is 6.61 Å². The zero-order chi connectivity index (χ0) is 13.1. The van der Waals surface area contributed by atoms with Crippen molar-refractivity contribution in [3.05, 3.63) is 47.5 Å². The summed E-state index contributed by atoms with van der Waals surface area (Å²) in [5.41, 5.74) is 9.15. The number of carbonyl (C=O) groups is 1. The highest BCUT2D eigenvalue weighted by Gasteiger charge is 2.01. The molecule has 0 heterocycles. The molecule has 5 heteroatoms. The minimum absolute atomic E-state index is 0.129. The molecule has 0 aliphatic rings. The highest BCUT2D eigenvalue weighted by molar-refractivity contribution is 6.20. The van der Waals surface area contributed by atoms with Crippen LogP contribution in [0, 0.1) is 0 Å². The van der Waals surface area contributed by atoms with Crippen LogP contribution in [-0.4, -0.2) is 36.8 Å². The van der Waals surface area contributed by atoms with E-state index >= 15 is 0 Å². The zero-order valence-corrected chi connectivity index (χ0v) is 9.86. The third kappa shape index (κ3) is 6.37. The monoisotopic (exact) mass is 246 g/mol. The minimum Gasteiger partial charge on any atom is -0.455 e. The fourth-order valence-electron chi connectivity index (χ4n) is 1.19. The van der Waals surface area contributed by atoms with Gasteiger partial charge >= 0.3 is 12.2 Å². The smallest absolute Gasteiger partial charge is 0.413 e. The second-order valence-corrected chi connectivity index (χ2v) is 3.30. The minimum atomic E-state index is -0.694. The Morgan fingerprint density at radius 3 is 2.78 bits per heavy atom. The fraction of sp³-hybridized carbons (Fsp3) is 0.231. The van der Waals surface area contributed by atoms with Gasteiger partial charge in [-0.2, -0.15) is 4.79 Å². The van der Waals surface area contributed by atoms with Crippen LogP contribution in [-0.2, 0) is 14.3 Å². The molecule has 0 radical (unpaired) electrons. The Labute approximate surface area is 105 Å². The SMILES string of the molecule is [N-]=[N+]=CC(=O)OCCOC/C=C/c1ccccc1. The standard InChI is InChI=1S/C13H14N2O3/c14-15-11-13(16)18-10-9-17-8-4-7-12-5-2-1-3-6-12/h1-7,11H,8-10H2/b7-4+. The van der Waals surface area contributed by atoms with Crippen molar-refractivity contribution in [2.45, 2.75) is 0 Å². The van der Waals surface area contributed by atoms with Crippen molar-refractivity contribution in [2.24, 2.45) is 0 Å². The van der Waals surface area contributed by atoms with Gasteiger partial charge in [0, 0.05) is 0 Å². The summed E-state index contributed by atoms with van der Waals surface area (Å²) in [5.74, 6) is -0.694. The van der Waals surface area contributed by atoms with Crippen LogP contribution >= 0.6 is 0 Å². The van der Waals surface area contributed by atoms with E-state index in [1.807, 2.05) is 42.5 Å². The van der Waals surface area contributed by atoms with E-state index in [1.54, 1.807) is 0 Å². The molecular weight excluding hydrogens is 232 g/mol. The fourth-order valence-corrected chi connectivity index (χ4v) is 1.19. The first kappa shape index (κ1) is 13.8. The van der Waals surface area contributed by atoms with Crippen molar-refractivity contribution < 1.29 is 19.1 Å². The quantitative estimate of drug-likeness (QED) is 0.241. The zero-order valence-electron chi connectivity index (χ0n) is 9.86. The summed E-state index contributed by atoms with van der Waals surface area (Å²) in [6.07, 6.45) is 4.52. The van der Waals surface area contributed by atoms with Crippen LogP contribution in [0.2, 0.25) is 0 Å². The predicted molar refractivity (Wildman–Crippen MR) is 66.9 cm³/mol. The lowest BCUT2D eigenvalue weighted by atomic mass is 10.2. The van der Waals surface area contributed by atoms with Gasteiger partial charge in [0.1, 0.15) is 6.61 Å². The Hall–Kier alpha value is -2.23. The van der Waals surface area contributed by atoms with Gasteiger partial charge in [0.2, 0.25) is 0 Å². The third-order valence-corrected chi connectivity index (χ3v) is 1.96. The van der Waals surface area contributed by atoms with Crippen LogP contribution < -0.4 is 0 Å². The van der Waals surface area contributed by atoms with E-state index in [9.17, 15) is 4.79 Å². The highest BCUT2D eigenvalue weighted by atomic mass is 16.6. The van der Waals surface area contributed by atoms with E-state index in [2.05, 4.69) is 9.53 Å². The summed E-state index contributed by atoms with van der Waals surface area (Å²) >= 11 is 0. The van der Waals surface area contributed by atoms with Crippen LogP contribution in [0.3, 0.4) is 0 Å². The second-order valence-electron chi connectivity index (χ2n) is 3.30. The summed E-state index contributed by atoms with van der Waals surface area (Å²) in [4.78, 5) is 13.3. The lowest BCUT2D eigenvalue weighted by Gasteiger charge is -2.00. The number of esters is 1. The largest absolute Gasteiger partial charge is 0.455 e. The molecule has 1 rings (SSSR count). The normalized spacial score (nSPS) is 10.0. The topological polar surface area (TPSA) is 71.9 Å². The van der Waals surface area contributed by atoms with E-state index < -0.39 is 5.97 Å².